The second-order valence-corrected chi connectivity index (χ2v) is 5.77. The van der Waals surface area contributed by atoms with Gasteiger partial charge >= 0.3 is 0 Å². The first kappa shape index (κ1) is 13.2. The average Bonchev–Trinajstić information content (AvgIpc) is 3.18. The van der Waals surface area contributed by atoms with E-state index in [-0.39, 0.29) is 0 Å². The summed E-state index contributed by atoms with van der Waals surface area (Å²) in [6, 6.07) is 0. The Morgan fingerprint density at radius 2 is 2.18 bits per heavy atom. The largest absolute Gasteiger partial charge is 0.356 e. The Bertz CT molecular complexity index is 762. The molecule has 0 bridgehead atoms. The van der Waals surface area contributed by atoms with Gasteiger partial charge in [0.05, 0.1) is 11.6 Å². The third-order valence-corrected chi connectivity index (χ3v) is 4.24. The van der Waals surface area contributed by atoms with Crippen molar-refractivity contribution in [3.8, 4) is 0 Å². The molecule has 0 N–H and O–H groups in total. The van der Waals surface area contributed by atoms with Gasteiger partial charge in [-0.25, -0.2) is 15.0 Å². The van der Waals surface area contributed by atoms with E-state index in [1.807, 2.05) is 17.9 Å². The lowest BCUT2D eigenvalue weighted by molar-refractivity contribution is 0.350. The van der Waals surface area contributed by atoms with E-state index in [2.05, 4.69) is 30.0 Å². The molecule has 3 aromatic heterocycles. The quantitative estimate of drug-likeness (QED) is 0.714. The molecule has 1 aliphatic rings. The molecule has 0 spiro atoms. The van der Waals surface area contributed by atoms with Gasteiger partial charge in [-0.05, 0) is 18.8 Å². The average molecular weight is 298 g/mol. The normalized spacial score (nSPS) is 19.0. The van der Waals surface area contributed by atoms with Crippen molar-refractivity contribution < 1.29 is 0 Å². The van der Waals surface area contributed by atoms with Crippen LogP contribution in [-0.4, -0.2) is 47.6 Å². The fourth-order valence-corrected chi connectivity index (χ4v) is 3.20. The molecular weight excluding hydrogens is 280 g/mol. The fraction of sp³-hybridized carbons (Fsp3) is 0.500. The molecule has 0 unspecified atom stereocenters. The van der Waals surface area contributed by atoms with E-state index in [9.17, 15) is 0 Å². The summed E-state index contributed by atoms with van der Waals surface area (Å²) in [4.78, 5) is 15.2. The Morgan fingerprint density at radius 3 is 3.05 bits per heavy atom. The second kappa shape index (κ2) is 5.36. The van der Waals surface area contributed by atoms with E-state index in [1.165, 1.54) is 6.42 Å². The maximum absolute atomic E-state index is 4.50. The summed E-state index contributed by atoms with van der Waals surface area (Å²) in [5, 5.41) is 9.53. The molecule has 0 aliphatic carbocycles. The summed E-state index contributed by atoms with van der Waals surface area (Å²) in [6.07, 6.45) is 9.21. The molecular formula is C14H18N8. The van der Waals surface area contributed by atoms with Crippen LogP contribution in [0.25, 0.3) is 11.0 Å². The Balaban J connectivity index is 1.58. The molecule has 114 valence electrons. The molecule has 0 radical (unpaired) electrons. The van der Waals surface area contributed by atoms with Crippen LogP contribution < -0.4 is 4.90 Å². The summed E-state index contributed by atoms with van der Waals surface area (Å²) >= 11 is 0. The van der Waals surface area contributed by atoms with Crippen LogP contribution in [-0.2, 0) is 13.6 Å². The van der Waals surface area contributed by atoms with Gasteiger partial charge in [-0.15, -0.1) is 0 Å². The lowest BCUT2D eigenvalue weighted by Crippen LogP contribution is -2.37. The van der Waals surface area contributed by atoms with Crippen molar-refractivity contribution in [3.63, 3.8) is 0 Å². The minimum absolute atomic E-state index is 0.553. The molecule has 1 fully saturated rings. The smallest absolute Gasteiger partial charge is 0.163 e. The van der Waals surface area contributed by atoms with E-state index in [0.29, 0.717) is 5.92 Å². The zero-order chi connectivity index (χ0) is 14.9. The highest BCUT2D eigenvalue weighted by atomic mass is 15.3. The van der Waals surface area contributed by atoms with Crippen molar-refractivity contribution in [1.29, 1.82) is 0 Å². The van der Waals surface area contributed by atoms with Crippen LogP contribution in [0.15, 0.2) is 25.2 Å². The number of hydrogen-bond donors (Lipinski definition) is 0. The first-order valence-electron chi connectivity index (χ1n) is 7.51. The number of hydrogen-bond acceptors (Lipinski definition) is 6. The maximum atomic E-state index is 4.50. The number of anilines is 1. The summed E-state index contributed by atoms with van der Waals surface area (Å²) < 4.78 is 3.70. The first-order valence-corrected chi connectivity index (χ1v) is 7.51. The van der Waals surface area contributed by atoms with Gasteiger partial charge in [-0.3, -0.25) is 9.36 Å². The van der Waals surface area contributed by atoms with Crippen LogP contribution in [0.4, 0.5) is 5.82 Å². The number of fused-ring (bicyclic) bond motifs is 1. The SMILES string of the molecule is Cn1ncc2c(N3CCC[C@@H](Cn4cncn4)C3)ncnc21. The van der Waals surface area contributed by atoms with E-state index in [0.717, 1.165) is 42.9 Å². The van der Waals surface area contributed by atoms with E-state index >= 15 is 0 Å². The summed E-state index contributed by atoms with van der Waals surface area (Å²) in [5.41, 5.74) is 0.878. The van der Waals surface area contributed by atoms with Crippen molar-refractivity contribution in [2.24, 2.45) is 13.0 Å². The van der Waals surface area contributed by atoms with Gasteiger partial charge in [0, 0.05) is 26.7 Å². The molecule has 4 rings (SSSR count). The van der Waals surface area contributed by atoms with Crippen LogP contribution in [0.5, 0.6) is 0 Å². The predicted octanol–water partition coefficient (Wildman–Crippen LogP) is 0.871. The number of aromatic nitrogens is 7. The monoisotopic (exact) mass is 298 g/mol. The molecule has 1 atom stereocenters. The summed E-state index contributed by atoms with van der Waals surface area (Å²) in [7, 11) is 1.91. The Hall–Kier alpha value is -2.51. The summed E-state index contributed by atoms with van der Waals surface area (Å²) in [5.74, 6) is 1.54. The van der Waals surface area contributed by atoms with Gasteiger partial charge in [0.15, 0.2) is 5.65 Å². The second-order valence-electron chi connectivity index (χ2n) is 5.77. The minimum atomic E-state index is 0.553. The zero-order valence-electron chi connectivity index (χ0n) is 12.5. The predicted molar refractivity (Wildman–Crippen MR) is 81.3 cm³/mol. The molecule has 4 heterocycles. The molecule has 1 saturated heterocycles. The Kier molecular flexibility index (Phi) is 3.21. The summed E-state index contributed by atoms with van der Waals surface area (Å²) in [6.45, 7) is 2.90. The standard InChI is InChI=1S/C14H18N8/c1-20-13-12(5-18-20)14(17-9-16-13)21-4-2-3-11(6-21)7-22-10-15-8-19-22/h5,8-11H,2-4,6-7H2,1H3/t11-/m1/s1. The van der Waals surface area contributed by atoms with E-state index < -0.39 is 0 Å². The third kappa shape index (κ3) is 2.30. The fourth-order valence-electron chi connectivity index (χ4n) is 3.20. The Morgan fingerprint density at radius 1 is 1.23 bits per heavy atom. The Labute approximate surface area is 127 Å². The van der Waals surface area contributed by atoms with Crippen molar-refractivity contribution >= 4 is 16.9 Å². The van der Waals surface area contributed by atoms with Crippen molar-refractivity contribution in [2.45, 2.75) is 19.4 Å². The molecule has 8 nitrogen and oxygen atoms in total. The number of piperidine rings is 1. The molecule has 3 aromatic rings. The number of rotatable bonds is 3. The first-order chi connectivity index (χ1) is 10.8. The van der Waals surface area contributed by atoms with Crippen molar-refractivity contribution in [3.05, 3.63) is 25.2 Å². The highest BCUT2D eigenvalue weighted by Gasteiger charge is 2.23. The van der Waals surface area contributed by atoms with Crippen LogP contribution in [0.3, 0.4) is 0 Å². The van der Waals surface area contributed by atoms with Crippen LogP contribution in [0, 0.1) is 5.92 Å². The third-order valence-electron chi connectivity index (χ3n) is 4.24. The number of aryl methyl sites for hydroxylation is 1. The molecule has 1 aliphatic heterocycles. The molecule has 0 aromatic carbocycles. The number of nitrogens with zero attached hydrogens (tertiary/aromatic N) is 8. The lowest BCUT2D eigenvalue weighted by atomic mass is 9.98. The highest BCUT2D eigenvalue weighted by molar-refractivity contribution is 5.86. The van der Waals surface area contributed by atoms with Gasteiger partial charge < -0.3 is 4.90 Å². The van der Waals surface area contributed by atoms with Crippen molar-refractivity contribution in [2.75, 3.05) is 18.0 Å². The maximum Gasteiger partial charge on any atom is 0.163 e. The van der Waals surface area contributed by atoms with Gasteiger partial charge in [0.1, 0.15) is 24.8 Å². The molecule has 0 saturated carbocycles. The van der Waals surface area contributed by atoms with Gasteiger partial charge in [-0.2, -0.15) is 10.2 Å². The van der Waals surface area contributed by atoms with Crippen LogP contribution in [0.2, 0.25) is 0 Å². The molecule has 0 amide bonds. The van der Waals surface area contributed by atoms with E-state index in [1.54, 1.807) is 23.7 Å². The lowest BCUT2D eigenvalue weighted by Gasteiger charge is -2.33. The van der Waals surface area contributed by atoms with E-state index in [4.69, 9.17) is 0 Å². The van der Waals surface area contributed by atoms with Crippen LogP contribution in [0.1, 0.15) is 12.8 Å². The molecule has 22 heavy (non-hydrogen) atoms. The van der Waals surface area contributed by atoms with Gasteiger partial charge in [0.2, 0.25) is 0 Å². The topological polar surface area (TPSA) is 77.5 Å². The van der Waals surface area contributed by atoms with Crippen molar-refractivity contribution in [1.82, 2.24) is 34.5 Å². The van der Waals surface area contributed by atoms with Gasteiger partial charge in [-0.1, -0.05) is 0 Å². The highest BCUT2D eigenvalue weighted by Crippen LogP contribution is 2.27. The zero-order valence-corrected chi connectivity index (χ0v) is 12.5. The minimum Gasteiger partial charge on any atom is -0.356 e. The molecule has 8 heteroatoms. The van der Waals surface area contributed by atoms with Crippen LogP contribution >= 0.6 is 0 Å². The van der Waals surface area contributed by atoms with Gasteiger partial charge in [0.25, 0.3) is 0 Å².